The minimum Gasteiger partial charge on any atom is -0.369 e. The molecule has 1 aliphatic heterocycles. The third-order valence-corrected chi connectivity index (χ3v) is 3.98. The highest BCUT2D eigenvalue weighted by molar-refractivity contribution is 7.72. The van der Waals surface area contributed by atoms with Crippen LogP contribution in [-0.2, 0) is 10.7 Å². The fraction of sp³-hybridized carbons (Fsp3) is 0.500. The summed E-state index contributed by atoms with van der Waals surface area (Å²) in [6, 6.07) is 5.75. The molecule has 1 amide bonds. The molecule has 1 aromatic rings. The van der Waals surface area contributed by atoms with Crippen LogP contribution in [0.1, 0.15) is 15.9 Å². The monoisotopic (exact) mass is 311 g/mol. The summed E-state index contributed by atoms with van der Waals surface area (Å²) in [6.07, 6.45) is 0. The number of rotatable bonds is 5. The number of hydrogen-bond acceptors (Lipinski definition) is 5. The van der Waals surface area contributed by atoms with Crippen LogP contribution in [0.15, 0.2) is 18.2 Å². The third-order valence-electron chi connectivity index (χ3n) is 3.39. The summed E-state index contributed by atoms with van der Waals surface area (Å²) in [7, 11) is -2.45. The van der Waals surface area contributed by atoms with E-state index in [4.69, 9.17) is 0 Å². The van der Waals surface area contributed by atoms with Crippen LogP contribution in [-0.4, -0.2) is 52.8 Å². The van der Waals surface area contributed by atoms with Crippen LogP contribution in [0.5, 0.6) is 0 Å². The Labute approximate surface area is 126 Å². The Morgan fingerprint density at radius 1 is 1.29 bits per heavy atom. The van der Waals surface area contributed by atoms with Crippen LogP contribution >= 0.6 is 0 Å². The summed E-state index contributed by atoms with van der Waals surface area (Å²) in [5.74, 6) is -0.260. The molecule has 6 nitrogen and oxygen atoms in total. The van der Waals surface area contributed by atoms with Gasteiger partial charge in [0, 0.05) is 44.0 Å². The van der Waals surface area contributed by atoms with Crippen LogP contribution in [0.25, 0.3) is 0 Å². The highest BCUT2D eigenvalue weighted by atomic mass is 32.2. The Morgan fingerprint density at radius 3 is 2.67 bits per heavy atom. The molecule has 1 fully saturated rings. The van der Waals surface area contributed by atoms with Crippen molar-refractivity contribution < 1.29 is 13.2 Å². The molecule has 0 atom stereocenters. The summed E-state index contributed by atoms with van der Waals surface area (Å²) in [5, 5.41) is 5.93. The number of hydrogen-bond donors (Lipinski definition) is 3. The van der Waals surface area contributed by atoms with E-state index < -0.39 is 10.7 Å². The van der Waals surface area contributed by atoms with Crippen molar-refractivity contribution in [1.82, 2.24) is 10.6 Å². The molecule has 2 rings (SSSR count). The van der Waals surface area contributed by atoms with E-state index in [0.717, 1.165) is 37.4 Å². The van der Waals surface area contributed by atoms with Crippen molar-refractivity contribution in [2.45, 2.75) is 6.92 Å². The molecule has 21 heavy (non-hydrogen) atoms. The molecule has 1 aromatic carbocycles. The maximum atomic E-state index is 12.1. The van der Waals surface area contributed by atoms with Gasteiger partial charge in [-0.1, -0.05) is 0 Å². The van der Waals surface area contributed by atoms with Gasteiger partial charge in [-0.2, -0.15) is 0 Å². The van der Waals surface area contributed by atoms with Gasteiger partial charge >= 0.3 is 0 Å². The van der Waals surface area contributed by atoms with E-state index in [-0.39, 0.29) is 18.2 Å². The lowest BCUT2D eigenvalue weighted by molar-refractivity contribution is 0.0956. The lowest BCUT2D eigenvalue weighted by Crippen LogP contribution is -2.43. The first-order valence-corrected chi connectivity index (χ1v) is 8.40. The molecule has 116 valence electrons. The zero-order valence-corrected chi connectivity index (χ0v) is 13.0. The lowest BCUT2D eigenvalue weighted by Gasteiger charge is -2.30. The highest BCUT2D eigenvalue weighted by Crippen LogP contribution is 2.19. The van der Waals surface area contributed by atoms with Gasteiger partial charge in [-0.05, 0) is 30.7 Å². The lowest BCUT2D eigenvalue weighted by atomic mass is 10.1. The molecule has 2 N–H and O–H groups in total. The minimum atomic E-state index is -2.45. The molecule has 1 saturated heterocycles. The van der Waals surface area contributed by atoms with Crippen molar-refractivity contribution >= 4 is 22.3 Å². The number of thiol groups is 1. The van der Waals surface area contributed by atoms with E-state index >= 15 is 0 Å². The first-order chi connectivity index (χ1) is 10.1. The Morgan fingerprint density at radius 2 is 2.00 bits per heavy atom. The van der Waals surface area contributed by atoms with E-state index in [1.807, 2.05) is 19.1 Å². The average molecular weight is 311 g/mol. The zero-order chi connectivity index (χ0) is 15.2. The van der Waals surface area contributed by atoms with Gasteiger partial charge in [-0.25, -0.2) is 8.42 Å². The van der Waals surface area contributed by atoms with E-state index in [2.05, 4.69) is 21.6 Å². The van der Waals surface area contributed by atoms with Crippen LogP contribution in [0.4, 0.5) is 5.69 Å². The van der Waals surface area contributed by atoms with Crippen molar-refractivity contribution in [3.63, 3.8) is 0 Å². The first kappa shape index (κ1) is 15.8. The molecule has 1 aliphatic rings. The first-order valence-electron chi connectivity index (χ1n) is 7.03. The smallest absolute Gasteiger partial charge is 0.251 e. The highest BCUT2D eigenvalue weighted by Gasteiger charge is 2.13. The van der Waals surface area contributed by atoms with E-state index in [1.54, 1.807) is 0 Å². The number of carbonyl (C=O) groups excluding carboxylic acids is 1. The number of amides is 1. The Bertz CT molecular complexity index is 573. The summed E-state index contributed by atoms with van der Waals surface area (Å²) in [6.45, 7) is 5.81. The van der Waals surface area contributed by atoms with Gasteiger partial charge in [0.25, 0.3) is 5.91 Å². The molecule has 7 heteroatoms. The standard InChI is InChI=1S/C14H21N3O3S/c1-11-8-12(14(18)16-4-7-21(19)20)10-13(9-11)17-5-2-15-3-6-17/h8-10,15,21H,2-7H2,1H3,(H,16,18). The minimum absolute atomic E-state index is 0.0302. The van der Waals surface area contributed by atoms with Crippen LogP contribution in [0.2, 0.25) is 0 Å². The van der Waals surface area contributed by atoms with Crippen LogP contribution in [0.3, 0.4) is 0 Å². The van der Waals surface area contributed by atoms with Crippen molar-refractivity contribution in [1.29, 1.82) is 0 Å². The molecule has 0 unspecified atom stereocenters. The fourth-order valence-corrected chi connectivity index (χ4v) is 2.66. The number of anilines is 1. The van der Waals surface area contributed by atoms with Gasteiger partial charge in [0.15, 0.2) is 0 Å². The molecule has 0 saturated carbocycles. The number of nitrogens with one attached hydrogen (secondary N) is 2. The molecule has 0 aliphatic carbocycles. The zero-order valence-electron chi connectivity index (χ0n) is 12.1. The quantitative estimate of drug-likeness (QED) is 0.654. The normalized spacial score (nSPS) is 15.2. The number of aryl methyl sites for hydroxylation is 1. The van der Waals surface area contributed by atoms with Crippen molar-refractivity contribution in [3.8, 4) is 0 Å². The number of piperazine rings is 1. The summed E-state index contributed by atoms with van der Waals surface area (Å²) < 4.78 is 21.0. The molecular weight excluding hydrogens is 290 g/mol. The molecular formula is C14H21N3O3S. The Kier molecular flexibility index (Phi) is 5.58. The fourth-order valence-electron chi connectivity index (χ4n) is 2.36. The third kappa shape index (κ3) is 4.71. The van der Waals surface area contributed by atoms with Gasteiger partial charge in [-0.3, -0.25) is 4.79 Å². The Hall–Kier alpha value is -1.60. The maximum Gasteiger partial charge on any atom is 0.251 e. The molecule has 0 radical (unpaired) electrons. The van der Waals surface area contributed by atoms with E-state index in [0.29, 0.717) is 5.56 Å². The second kappa shape index (κ2) is 7.42. The SMILES string of the molecule is Cc1cc(C(=O)NCC[SH](=O)=O)cc(N2CCNCC2)c1. The van der Waals surface area contributed by atoms with Crippen molar-refractivity contribution in [2.75, 3.05) is 43.4 Å². The second-order valence-corrected chi connectivity index (χ2v) is 6.22. The molecule has 0 spiro atoms. The van der Waals surface area contributed by atoms with Crippen LogP contribution < -0.4 is 15.5 Å². The topological polar surface area (TPSA) is 78.5 Å². The van der Waals surface area contributed by atoms with Crippen molar-refractivity contribution in [2.24, 2.45) is 0 Å². The van der Waals surface area contributed by atoms with Crippen LogP contribution in [0, 0.1) is 6.92 Å². The summed E-state index contributed by atoms with van der Waals surface area (Å²) in [4.78, 5) is 14.3. The number of benzene rings is 1. The summed E-state index contributed by atoms with van der Waals surface area (Å²) >= 11 is 0. The van der Waals surface area contributed by atoms with Gasteiger partial charge in [0.05, 0.1) is 5.75 Å². The van der Waals surface area contributed by atoms with E-state index in [9.17, 15) is 13.2 Å². The molecule has 0 aromatic heterocycles. The maximum absolute atomic E-state index is 12.1. The Balaban J connectivity index is 2.08. The second-order valence-electron chi connectivity index (χ2n) is 5.11. The average Bonchev–Trinajstić information content (AvgIpc) is 2.47. The number of nitrogens with zero attached hydrogens (tertiary/aromatic N) is 1. The van der Waals surface area contributed by atoms with E-state index in [1.165, 1.54) is 0 Å². The predicted molar refractivity (Wildman–Crippen MR) is 83.8 cm³/mol. The predicted octanol–water partition coefficient (Wildman–Crippen LogP) is -0.254. The van der Waals surface area contributed by atoms with Crippen molar-refractivity contribution in [3.05, 3.63) is 29.3 Å². The summed E-state index contributed by atoms with van der Waals surface area (Å²) in [5.41, 5.74) is 2.63. The molecule has 0 bridgehead atoms. The van der Waals surface area contributed by atoms with Gasteiger partial charge in [-0.15, -0.1) is 0 Å². The van der Waals surface area contributed by atoms with Gasteiger partial charge < -0.3 is 15.5 Å². The number of carbonyl (C=O) groups is 1. The molecule has 1 heterocycles. The van der Waals surface area contributed by atoms with Gasteiger partial charge in [0.1, 0.15) is 10.7 Å². The largest absolute Gasteiger partial charge is 0.369 e. The van der Waals surface area contributed by atoms with Gasteiger partial charge in [0.2, 0.25) is 0 Å².